The zero-order chi connectivity index (χ0) is 19.3. The van der Waals surface area contributed by atoms with Gasteiger partial charge in [-0.3, -0.25) is 0 Å². The van der Waals surface area contributed by atoms with Crippen LogP contribution in [0.15, 0.2) is 42.5 Å². The molecule has 0 aromatic heterocycles. The lowest BCUT2D eigenvalue weighted by atomic mass is 9.70. The summed E-state index contributed by atoms with van der Waals surface area (Å²) in [5.74, 6) is 2.51. The molecule has 0 saturated heterocycles. The van der Waals surface area contributed by atoms with Crippen molar-refractivity contribution in [2.75, 3.05) is 0 Å². The van der Waals surface area contributed by atoms with Crippen molar-refractivity contribution in [3.05, 3.63) is 53.6 Å². The van der Waals surface area contributed by atoms with Gasteiger partial charge in [0.2, 0.25) is 0 Å². The average molecular weight is 379 g/mol. The molecule has 0 spiro atoms. The average Bonchev–Trinajstić information content (AvgIpc) is 2.68. The minimum atomic E-state index is -4.25. The van der Waals surface area contributed by atoms with Gasteiger partial charge in [0.25, 0.3) is 0 Å². The van der Waals surface area contributed by atoms with Crippen LogP contribution in [-0.4, -0.2) is 0 Å². The van der Waals surface area contributed by atoms with Crippen molar-refractivity contribution in [2.24, 2.45) is 17.8 Å². The predicted molar refractivity (Wildman–Crippen MR) is 108 cm³/mol. The van der Waals surface area contributed by atoms with Gasteiger partial charge in [-0.2, -0.15) is 13.2 Å². The molecule has 0 aliphatic heterocycles. The molecular formula is C24H33F3. The molecule has 0 heterocycles. The van der Waals surface area contributed by atoms with Gasteiger partial charge < -0.3 is 0 Å². The Labute approximate surface area is 163 Å². The van der Waals surface area contributed by atoms with E-state index in [1.54, 1.807) is 12.1 Å². The second kappa shape index (κ2) is 9.12. The largest absolute Gasteiger partial charge is 0.416 e. The molecule has 27 heavy (non-hydrogen) atoms. The second-order valence-corrected chi connectivity index (χ2v) is 8.27. The lowest BCUT2D eigenvalue weighted by Crippen LogP contribution is -2.23. The zero-order valence-electron chi connectivity index (χ0n) is 16.3. The SMILES string of the molecule is C/C=C/CCC1CCC(C2CC=C(c3ccc(C(F)(F)F)cc3)CC2)CC1.[HH]. The molecule has 0 amide bonds. The fraction of sp³-hybridized carbons (Fsp3) is 0.583. The molecule has 0 N–H and O–H groups in total. The standard InChI is InChI=1S/C24H31F3.H2/c1-2-3-4-5-18-6-8-19(9-7-18)20-10-12-21(13-11-20)22-14-16-23(17-15-22)24(25,26)27;/h2-3,12,14-20H,4-11,13H2,1H3;1H/b3-2+;. The van der Waals surface area contributed by atoms with Crippen LogP contribution in [0.25, 0.3) is 5.57 Å². The molecule has 3 heteroatoms. The summed E-state index contributed by atoms with van der Waals surface area (Å²) in [5.41, 5.74) is 1.61. The number of benzene rings is 1. The van der Waals surface area contributed by atoms with E-state index in [1.807, 2.05) is 0 Å². The summed E-state index contributed by atoms with van der Waals surface area (Å²) >= 11 is 0. The number of hydrogen-bond acceptors (Lipinski definition) is 0. The maximum atomic E-state index is 12.7. The summed E-state index contributed by atoms with van der Waals surface area (Å²) in [5, 5.41) is 0. The first-order chi connectivity index (χ1) is 13.0. The van der Waals surface area contributed by atoms with Gasteiger partial charge in [0, 0.05) is 1.43 Å². The van der Waals surface area contributed by atoms with Crippen LogP contribution >= 0.6 is 0 Å². The number of halogens is 3. The van der Waals surface area contributed by atoms with Crippen LogP contribution in [0.3, 0.4) is 0 Å². The van der Waals surface area contributed by atoms with Gasteiger partial charge in [-0.05, 0) is 92.9 Å². The monoisotopic (exact) mass is 378 g/mol. The molecule has 150 valence electrons. The Morgan fingerprint density at radius 3 is 2.26 bits per heavy atom. The van der Waals surface area contributed by atoms with Gasteiger partial charge in [0.1, 0.15) is 0 Å². The number of alkyl halides is 3. The summed E-state index contributed by atoms with van der Waals surface area (Å²) in [4.78, 5) is 0. The summed E-state index contributed by atoms with van der Waals surface area (Å²) in [7, 11) is 0. The Balaban J connectivity index is 0.00000280. The Kier molecular flexibility index (Phi) is 6.83. The molecule has 1 fully saturated rings. The van der Waals surface area contributed by atoms with E-state index in [-0.39, 0.29) is 1.43 Å². The van der Waals surface area contributed by atoms with Gasteiger partial charge in [0.15, 0.2) is 0 Å². The lowest BCUT2D eigenvalue weighted by Gasteiger charge is -2.35. The van der Waals surface area contributed by atoms with E-state index in [9.17, 15) is 13.2 Å². The van der Waals surface area contributed by atoms with E-state index in [4.69, 9.17) is 0 Å². The van der Waals surface area contributed by atoms with Gasteiger partial charge in [-0.15, -0.1) is 0 Å². The highest BCUT2D eigenvalue weighted by Gasteiger charge is 2.31. The van der Waals surface area contributed by atoms with Crippen LogP contribution in [0.1, 0.15) is 77.3 Å². The minimum Gasteiger partial charge on any atom is -0.166 e. The Morgan fingerprint density at radius 1 is 1.00 bits per heavy atom. The van der Waals surface area contributed by atoms with Crippen LogP contribution < -0.4 is 0 Å². The molecular weight excluding hydrogens is 345 g/mol. The van der Waals surface area contributed by atoms with Crippen molar-refractivity contribution in [2.45, 2.75) is 70.9 Å². The highest BCUT2D eigenvalue weighted by atomic mass is 19.4. The first-order valence-electron chi connectivity index (χ1n) is 10.4. The number of rotatable bonds is 5. The zero-order valence-corrected chi connectivity index (χ0v) is 16.3. The number of allylic oxidation sites excluding steroid dienone is 4. The molecule has 2 aliphatic rings. The van der Waals surface area contributed by atoms with Gasteiger partial charge in [-0.25, -0.2) is 0 Å². The van der Waals surface area contributed by atoms with Crippen molar-refractivity contribution < 1.29 is 14.6 Å². The van der Waals surface area contributed by atoms with Gasteiger partial charge in [-0.1, -0.05) is 43.2 Å². The Morgan fingerprint density at radius 2 is 1.70 bits per heavy atom. The maximum Gasteiger partial charge on any atom is 0.416 e. The predicted octanol–water partition coefficient (Wildman–Crippen LogP) is 8.30. The quantitative estimate of drug-likeness (QED) is 0.452. The van der Waals surface area contributed by atoms with Crippen molar-refractivity contribution in [3.63, 3.8) is 0 Å². The Hall–Kier alpha value is -1.51. The van der Waals surface area contributed by atoms with E-state index in [0.29, 0.717) is 0 Å². The third kappa shape index (κ3) is 5.49. The molecule has 0 radical (unpaired) electrons. The van der Waals surface area contributed by atoms with Crippen LogP contribution in [0.2, 0.25) is 0 Å². The highest BCUT2D eigenvalue weighted by Crippen LogP contribution is 2.42. The molecule has 0 bridgehead atoms. The third-order valence-electron chi connectivity index (χ3n) is 6.57. The van der Waals surface area contributed by atoms with Crippen LogP contribution in [0.5, 0.6) is 0 Å². The van der Waals surface area contributed by atoms with E-state index in [2.05, 4.69) is 25.2 Å². The summed E-state index contributed by atoms with van der Waals surface area (Å²) in [6, 6.07) is 5.67. The van der Waals surface area contributed by atoms with E-state index < -0.39 is 11.7 Å². The smallest absolute Gasteiger partial charge is 0.166 e. The molecule has 3 rings (SSSR count). The fourth-order valence-electron chi connectivity index (χ4n) is 4.86. The number of hydrogen-bond donors (Lipinski definition) is 0. The third-order valence-corrected chi connectivity index (χ3v) is 6.57. The molecule has 1 aromatic rings. The summed E-state index contributed by atoms with van der Waals surface area (Å²) < 4.78 is 38.1. The molecule has 2 aliphatic carbocycles. The summed E-state index contributed by atoms with van der Waals surface area (Å²) in [6.07, 6.45) is 13.7. The molecule has 1 saturated carbocycles. The van der Waals surface area contributed by atoms with E-state index in [0.717, 1.165) is 36.2 Å². The van der Waals surface area contributed by atoms with Crippen molar-refractivity contribution in [1.82, 2.24) is 0 Å². The van der Waals surface area contributed by atoms with Crippen molar-refractivity contribution in [3.8, 4) is 0 Å². The lowest BCUT2D eigenvalue weighted by molar-refractivity contribution is -0.137. The molecule has 1 atom stereocenters. The van der Waals surface area contributed by atoms with Crippen LogP contribution in [-0.2, 0) is 6.18 Å². The highest BCUT2D eigenvalue weighted by molar-refractivity contribution is 5.66. The second-order valence-electron chi connectivity index (χ2n) is 8.27. The first-order valence-corrected chi connectivity index (χ1v) is 10.4. The minimum absolute atomic E-state index is 0. The molecule has 0 nitrogen and oxygen atoms in total. The van der Waals surface area contributed by atoms with Crippen molar-refractivity contribution in [1.29, 1.82) is 0 Å². The Bertz CT molecular complexity index is 649. The van der Waals surface area contributed by atoms with Gasteiger partial charge >= 0.3 is 6.18 Å². The van der Waals surface area contributed by atoms with Crippen molar-refractivity contribution >= 4 is 5.57 Å². The van der Waals surface area contributed by atoms with Crippen LogP contribution in [0.4, 0.5) is 13.2 Å². The first kappa shape index (κ1) is 20.2. The molecule has 1 unspecified atom stereocenters. The summed E-state index contributed by atoms with van der Waals surface area (Å²) in [6.45, 7) is 2.09. The van der Waals surface area contributed by atoms with Crippen LogP contribution in [0, 0.1) is 17.8 Å². The molecule has 1 aromatic carbocycles. The topological polar surface area (TPSA) is 0 Å². The van der Waals surface area contributed by atoms with E-state index >= 15 is 0 Å². The van der Waals surface area contributed by atoms with E-state index in [1.165, 1.54) is 62.7 Å². The fourth-order valence-corrected chi connectivity index (χ4v) is 4.86. The normalized spacial score (nSPS) is 27.0. The van der Waals surface area contributed by atoms with Gasteiger partial charge in [0.05, 0.1) is 5.56 Å². The maximum absolute atomic E-state index is 12.7.